The largest absolute Gasteiger partial charge is 0.348 e. The van der Waals surface area contributed by atoms with Crippen molar-refractivity contribution in [2.24, 2.45) is 7.05 Å². The van der Waals surface area contributed by atoms with Gasteiger partial charge in [-0.3, -0.25) is 4.79 Å². The second kappa shape index (κ2) is 3.88. The van der Waals surface area contributed by atoms with Crippen molar-refractivity contribution in [2.75, 3.05) is 0 Å². The van der Waals surface area contributed by atoms with Crippen LogP contribution in [0.2, 0.25) is 0 Å². The monoisotopic (exact) mass is 238 g/mol. The highest BCUT2D eigenvalue weighted by molar-refractivity contribution is 5.76. The minimum atomic E-state index is 0.688. The zero-order chi connectivity index (χ0) is 12.7. The SMILES string of the molecule is Cc1ccc(-c2cc3ccc(C=O)cn3c2)n1C. The second-order valence-corrected chi connectivity index (χ2v) is 4.56. The number of hydrogen-bond donors (Lipinski definition) is 0. The van der Waals surface area contributed by atoms with E-state index in [1.54, 1.807) is 0 Å². The van der Waals surface area contributed by atoms with Crippen molar-refractivity contribution in [2.45, 2.75) is 6.92 Å². The zero-order valence-electron chi connectivity index (χ0n) is 10.4. The summed E-state index contributed by atoms with van der Waals surface area (Å²) < 4.78 is 4.15. The number of rotatable bonds is 2. The Morgan fingerprint density at radius 1 is 1.11 bits per heavy atom. The number of aromatic nitrogens is 2. The predicted molar refractivity (Wildman–Crippen MR) is 71.9 cm³/mol. The molecule has 0 saturated heterocycles. The molecule has 0 aliphatic carbocycles. The molecule has 0 spiro atoms. The number of nitrogens with zero attached hydrogens (tertiary/aromatic N) is 2. The van der Waals surface area contributed by atoms with Crippen LogP contribution < -0.4 is 0 Å². The predicted octanol–water partition coefficient (Wildman–Crippen LogP) is 3.07. The first-order chi connectivity index (χ1) is 8.69. The summed E-state index contributed by atoms with van der Waals surface area (Å²) in [7, 11) is 2.06. The van der Waals surface area contributed by atoms with Gasteiger partial charge in [-0.25, -0.2) is 0 Å². The lowest BCUT2D eigenvalue weighted by Gasteiger charge is -2.01. The Morgan fingerprint density at radius 2 is 1.94 bits per heavy atom. The van der Waals surface area contributed by atoms with Gasteiger partial charge < -0.3 is 8.97 Å². The number of fused-ring (bicyclic) bond motifs is 1. The highest BCUT2D eigenvalue weighted by Gasteiger charge is 2.07. The van der Waals surface area contributed by atoms with E-state index in [9.17, 15) is 4.79 Å². The summed E-state index contributed by atoms with van der Waals surface area (Å²) in [6.07, 6.45) is 4.77. The lowest BCUT2D eigenvalue weighted by atomic mass is 10.2. The van der Waals surface area contributed by atoms with E-state index in [4.69, 9.17) is 0 Å². The average molecular weight is 238 g/mol. The third kappa shape index (κ3) is 1.56. The molecule has 0 radical (unpaired) electrons. The quantitative estimate of drug-likeness (QED) is 0.630. The maximum atomic E-state index is 10.8. The summed E-state index contributed by atoms with van der Waals surface area (Å²) in [4.78, 5) is 10.8. The van der Waals surface area contributed by atoms with Crippen LogP contribution in [0.1, 0.15) is 16.1 Å². The number of hydrogen-bond acceptors (Lipinski definition) is 1. The van der Waals surface area contributed by atoms with E-state index < -0.39 is 0 Å². The van der Waals surface area contributed by atoms with Crippen LogP contribution >= 0.6 is 0 Å². The number of carbonyl (C=O) groups excluding carboxylic acids is 1. The van der Waals surface area contributed by atoms with Gasteiger partial charge in [-0.15, -0.1) is 0 Å². The Hall–Kier alpha value is -2.29. The molecular formula is C15H14N2O. The molecular weight excluding hydrogens is 224 g/mol. The first kappa shape index (κ1) is 10.8. The van der Waals surface area contributed by atoms with E-state index >= 15 is 0 Å². The molecule has 0 bridgehead atoms. The Balaban J connectivity index is 2.19. The molecule has 0 fully saturated rings. The minimum Gasteiger partial charge on any atom is -0.348 e. The van der Waals surface area contributed by atoms with Crippen molar-refractivity contribution < 1.29 is 4.79 Å². The summed E-state index contributed by atoms with van der Waals surface area (Å²) in [5.74, 6) is 0. The van der Waals surface area contributed by atoms with Crippen molar-refractivity contribution in [3.05, 3.63) is 54.0 Å². The van der Waals surface area contributed by atoms with Crippen molar-refractivity contribution >= 4 is 11.8 Å². The van der Waals surface area contributed by atoms with Gasteiger partial charge in [-0.05, 0) is 37.3 Å². The second-order valence-electron chi connectivity index (χ2n) is 4.56. The molecule has 0 unspecified atom stereocenters. The van der Waals surface area contributed by atoms with Crippen molar-refractivity contribution in [3.8, 4) is 11.3 Å². The van der Waals surface area contributed by atoms with Gasteiger partial charge in [0.05, 0.1) is 0 Å². The molecule has 0 amide bonds. The van der Waals surface area contributed by atoms with Crippen LogP contribution in [-0.2, 0) is 7.05 Å². The smallest absolute Gasteiger partial charge is 0.151 e. The van der Waals surface area contributed by atoms with Crippen molar-refractivity contribution in [1.82, 2.24) is 8.97 Å². The first-order valence-electron chi connectivity index (χ1n) is 5.88. The Labute approximate surface area is 105 Å². The molecule has 0 aliphatic rings. The molecule has 0 aliphatic heterocycles. The van der Waals surface area contributed by atoms with Crippen LogP contribution in [0.5, 0.6) is 0 Å². The minimum absolute atomic E-state index is 0.688. The van der Waals surface area contributed by atoms with Gasteiger partial charge in [-0.1, -0.05) is 0 Å². The van der Waals surface area contributed by atoms with Crippen LogP contribution in [0.4, 0.5) is 0 Å². The highest BCUT2D eigenvalue weighted by Crippen LogP contribution is 2.24. The van der Waals surface area contributed by atoms with E-state index in [2.05, 4.69) is 42.9 Å². The van der Waals surface area contributed by atoms with Crippen LogP contribution in [0, 0.1) is 6.92 Å². The molecule has 0 aromatic carbocycles. The Bertz CT molecular complexity index is 734. The maximum Gasteiger partial charge on any atom is 0.151 e. The first-order valence-corrected chi connectivity index (χ1v) is 5.88. The number of aryl methyl sites for hydroxylation is 1. The molecule has 3 rings (SSSR count). The lowest BCUT2D eigenvalue weighted by Crippen LogP contribution is -1.92. The molecule has 0 N–H and O–H groups in total. The summed E-state index contributed by atoms with van der Waals surface area (Å²) in [5, 5.41) is 0. The maximum absolute atomic E-state index is 10.8. The fourth-order valence-corrected chi connectivity index (χ4v) is 2.24. The molecule has 3 aromatic rings. The van der Waals surface area contributed by atoms with Gasteiger partial charge in [0.25, 0.3) is 0 Å². The average Bonchev–Trinajstić information content (AvgIpc) is 2.93. The van der Waals surface area contributed by atoms with Gasteiger partial charge in [0.15, 0.2) is 6.29 Å². The lowest BCUT2D eigenvalue weighted by molar-refractivity contribution is 0.112. The number of aldehydes is 1. The van der Waals surface area contributed by atoms with E-state index in [-0.39, 0.29) is 0 Å². The van der Waals surface area contributed by atoms with Crippen molar-refractivity contribution in [3.63, 3.8) is 0 Å². The Kier molecular flexibility index (Phi) is 2.33. The topological polar surface area (TPSA) is 26.4 Å². The molecule has 3 heterocycles. The molecule has 90 valence electrons. The van der Waals surface area contributed by atoms with Gasteiger partial charge in [0.2, 0.25) is 0 Å². The third-order valence-electron chi connectivity index (χ3n) is 3.42. The highest BCUT2D eigenvalue weighted by atomic mass is 16.1. The van der Waals surface area contributed by atoms with Crippen LogP contribution in [-0.4, -0.2) is 15.3 Å². The van der Waals surface area contributed by atoms with E-state index in [1.165, 1.54) is 11.4 Å². The zero-order valence-corrected chi connectivity index (χ0v) is 10.4. The van der Waals surface area contributed by atoms with Crippen LogP contribution in [0.25, 0.3) is 16.8 Å². The van der Waals surface area contributed by atoms with Gasteiger partial charge in [-0.2, -0.15) is 0 Å². The molecule has 3 nitrogen and oxygen atoms in total. The molecule has 3 aromatic heterocycles. The molecule has 18 heavy (non-hydrogen) atoms. The van der Waals surface area contributed by atoms with Gasteiger partial charge in [0.1, 0.15) is 0 Å². The fourth-order valence-electron chi connectivity index (χ4n) is 2.24. The summed E-state index contributed by atoms with van der Waals surface area (Å²) in [6.45, 7) is 2.09. The summed E-state index contributed by atoms with van der Waals surface area (Å²) in [5.41, 5.74) is 5.36. The third-order valence-corrected chi connectivity index (χ3v) is 3.42. The summed E-state index contributed by atoms with van der Waals surface area (Å²) in [6, 6.07) is 10.1. The normalized spacial score (nSPS) is 11.0. The number of carbonyl (C=O) groups is 1. The summed E-state index contributed by atoms with van der Waals surface area (Å²) >= 11 is 0. The van der Waals surface area contributed by atoms with Crippen molar-refractivity contribution in [1.29, 1.82) is 0 Å². The fraction of sp³-hybridized carbons (Fsp3) is 0.133. The van der Waals surface area contributed by atoms with E-state index in [0.29, 0.717) is 5.56 Å². The molecule has 3 heteroatoms. The Morgan fingerprint density at radius 3 is 2.61 bits per heavy atom. The molecule has 0 atom stereocenters. The van der Waals surface area contributed by atoms with Gasteiger partial charge >= 0.3 is 0 Å². The number of pyridine rings is 1. The standard InChI is InChI=1S/C15H14N2O/c1-11-3-6-15(16(11)2)13-7-14-5-4-12(10-18)8-17(14)9-13/h3-10H,1-2H3. The van der Waals surface area contributed by atoms with Crippen LogP contribution in [0.3, 0.4) is 0 Å². The van der Waals surface area contributed by atoms with Gasteiger partial charge in [0, 0.05) is 47.5 Å². The molecule has 0 saturated carbocycles. The van der Waals surface area contributed by atoms with E-state index in [0.717, 1.165) is 17.4 Å². The van der Waals surface area contributed by atoms with E-state index in [1.807, 2.05) is 22.7 Å². The van der Waals surface area contributed by atoms with Crippen LogP contribution in [0.15, 0.2) is 42.7 Å².